The number of thioether (sulfide) groups is 1. The van der Waals surface area contributed by atoms with Gasteiger partial charge in [-0.15, -0.1) is 0 Å². The molecular formula is C19H21N3O4S2. The summed E-state index contributed by atoms with van der Waals surface area (Å²) in [5, 5.41) is 3.96. The van der Waals surface area contributed by atoms with Gasteiger partial charge in [0.2, 0.25) is 10.0 Å². The highest BCUT2D eigenvalue weighted by atomic mass is 32.2. The van der Waals surface area contributed by atoms with Gasteiger partial charge in [-0.2, -0.15) is 16.9 Å². The van der Waals surface area contributed by atoms with Crippen molar-refractivity contribution < 1.29 is 17.9 Å². The third-order valence-electron chi connectivity index (χ3n) is 4.16. The van der Waals surface area contributed by atoms with E-state index in [1.807, 2.05) is 36.0 Å². The second kappa shape index (κ2) is 8.66. The summed E-state index contributed by atoms with van der Waals surface area (Å²) in [4.78, 5) is 12.1. The Kier molecular flexibility index (Phi) is 6.25. The van der Waals surface area contributed by atoms with Crippen molar-refractivity contribution in [2.75, 3.05) is 29.1 Å². The van der Waals surface area contributed by atoms with Gasteiger partial charge in [-0.3, -0.25) is 9.10 Å². The van der Waals surface area contributed by atoms with Gasteiger partial charge in [0.1, 0.15) is 11.9 Å². The molecule has 1 aliphatic rings. The average Bonchev–Trinajstić information content (AvgIpc) is 2.64. The quantitative estimate of drug-likeness (QED) is 0.550. The fourth-order valence-corrected chi connectivity index (χ4v) is 3.42. The third-order valence-corrected chi connectivity index (χ3v) is 6.58. The smallest absolute Gasteiger partial charge is 0.271 e. The number of nitrogens with one attached hydrogen (secondary N) is 1. The number of sulfonamides is 1. The molecule has 0 atom stereocenters. The molecule has 0 bridgehead atoms. The van der Waals surface area contributed by atoms with Crippen LogP contribution < -0.4 is 14.5 Å². The van der Waals surface area contributed by atoms with Gasteiger partial charge in [-0.05, 0) is 54.1 Å². The lowest BCUT2D eigenvalue weighted by molar-refractivity contribution is 0.0955. The summed E-state index contributed by atoms with van der Waals surface area (Å²) in [5.41, 5.74) is 4.15. The molecule has 1 N–H and O–H groups in total. The Bertz CT molecular complexity index is 954. The molecule has 0 radical (unpaired) electrons. The maximum atomic E-state index is 12.1. The number of benzene rings is 2. The van der Waals surface area contributed by atoms with Crippen LogP contribution in [0.4, 0.5) is 5.69 Å². The van der Waals surface area contributed by atoms with Crippen LogP contribution >= 0.6 is 11.8 Å². The molecule has 2 aromatic rings. The van der Waals surface area contributed by atoms with Crippen LogP contribution in [0.1, 0.15) is 15.9 Å². The van der Waals surface area contributed by atoms with E-state index in [2.05, 4.69) is 10.5 Å². The number of hydrogen-bond acceptors (Lipinski definition) is 6. The number of hydrogen-bond donors (Lipinski definition) is 1. The molecule has 28 heavy (non-hydrogen) atoms. The van der Waals surface area contributed by atoms with E-state index in [1.165, 1.54) is 7.05 Å². The zero-order valence-electron chi connectivity index (χ0n) is 15.5. The first kappa shape index (κ1) is 20.2. The van der Waals surface area contributed by atoms with Crippen molar-refractivity contribution in [1.82, 2.24) is 5.43 Å². The van der Waals surface area contributed by atoms with Gasteiger partial charge in [-0.25, -0.2) is 13.8 Å². The molecule has 1 fully saturated rings. The van der Waals surface area contributed by atoms with Gasteiger partial charge in [0.05, 0.1) is 18.2 Å². The first-order valence-corrected chi connectivity index (χ1v) is 11.5. The van der Waals surface area contributed by atoms with E-state index in [0.29, 0.717) is 17.4 Å². The van der Waals surface area contributed by atoms with Crippen molar-refractivity contribution in [1.29, 1.82) is 0 Å². The zero-order valence-corrected chi connectivity index (χ0v) is 17.2. The Morgan fingerprint density at radius 3 is 2.36 bits per heavy atom. The molecule has 0 unspecified atom stereocenters. The van der Waals surface area contributed by atoms with Crippen LogP contribution in [0, 0.1) is 0 Å². The molecule has 1 aliphatic heterocycles. The molecule has 1 amide bonds. The van der Waals surface area contributed by atoms with Gasteiger partial charge >= 0.3 is 0 Å². The van der Waals surface area contributed by atoms with Crippen LogP contribution in [0.2, 0.25) is 0 Å². The maximum absolute atomic E-state index is 12.1. The molecule has 3 rings (SSSR count). The lowest BCUT2D eigenvalue weighted by Crippen LogP contribution is -2.30. The second-order valence-corrected chi connectivity index (χ2v) is 9.41. The molecular weight excluding hydrogens is 398 g/mol. The van der Waals surface area contributed by atoms with E-state index in [9.17, 15) is 13.2 Å². The lowest BCUT2D eigenvalue weighted by Gasteiger charge is -2.25. The van der Waals surface area contributed by atoms with Crippen molar-refractivity contribution >= 4 is 39.6 Å². The number of nitrogens with zero attached hydrogens (tertiary/aromatic N) is 2. The molecule has 1 heterocycles. The predicted octanol–water partition coefficient (Wildman–Crippen LogP) is 2.34. The fraction of sp³-hybridized carbons (Fsp3) is 0.263. The summed E-state index contributed by atoms with van der Waals surface area (Å²) in [5.74, 6) is 2.50. The van der Waals surface area contributed by atoms with Crippen LogP contribution in [0.25, 0.3) is 0 Å². The summed E-state index contributed by atoms with van der Waals surface area (Å²) in [6.07, 6.45) is 2.97. The summed E-state index contributed by atoms with van der Waals surface area (Å²) >= 11 is 1.87. The summed E-state index contributed by atoms with van der Waals surface area (Å²) < 4.78 is 30.0. The Morgan fingerprint density at radius 1 is 1.18 bits per heavy atom. The van der Waals surface area contributed by atoms with Crippen molar-refractivity contribution in [3.8, 4) is 5.75 Å². The maximum Gasteiger partial charge on any atom is 0.271 e. The Morgan fingerprint density at radius 2 is 1.82 bits per heavy atom. The SMILES string of the molecule is CN(c1ccc(C(=O)N/N=C\c2ccc(OC3CSC3)cc2)cc1)S(C)(=O)=O. The third kappa shape index (κ3) is 5.26. The topological polar surface area (TPSA) is 88.1 Å². The van der Waals surface area contributed by atoms with Gasteiger partial charge in [-0.1, -0.05) is 0 Å². The number of carbonyl (C=O) groups excluding carboxylic acids is 1. The van der Waals surface area contributed by atoms with Crippen LogP contribution in [0.5, 0.6) is 5.75 Å². The first-order valence-electron chi connectivity index (χ1n) is 8.55. The molecule has 0 spiro atoms. The van der Waals surface area contributed by atoms with Crippen molar-refractivity contribution in [2.45, 2.75) is 6.10 Å². The molecule has 2 aromatic carbocycles. The van der Waals surface area contributed by atoms with Gasteiger partial charge in [0, 0.05) is 24.1 Å². The number of rotatable bonds is 7. The van der Waals surface area contributed by atoms with Crippen molar-refractivity contribution in [2.24, 2.45) is 5.10 Å². The largest absolute Gasteiger partial charge is 0.489 e. The average molecular weight is 420 g/mol. The van der Waals surface area contributed by atoms with E-state index in [0.717, 1.165) is 33.4 Å². The summed E-state index contributed by atoms with van der Waals surface area (Å²) in [7, 11) is -1.89. The van der Waals surface area contributed by atoms with E-state index in [-0.39, 0.29) is 5.91 Å². The zero-order chi connectivity index (χ0) is 20.1. The monoisotopic (exact) mass is 419 g/mol. The molecule has 0 aromatic heterocycles. The van der Waals surface area contributed by atoms with Crippen molar-refractivity contribution in [3.05, 3.63) is 59.7 Å². The molecule has 0 saturated carbocycles. The fourth-order valence-electron chi connectivity index (χ4n) is 2.35. The first-order chi connectivity index (χ1) is 13.3. The van der Waals surface area contributed by atoms with Gasteiger partial charge in [0.25, 0.3) is 5.91 Å². The number of hydrazone groups is 1. The van der Waals surface area contributed by atoms with Gasteiger partial charge < -0.3 is 4.74 Å². The highest BCUT2D eigenvalue weighted by Crippen LogP contribution is 2.23. The van der Waals surface area contributed by atoms with Crippen LogP contribution in [-0.4, -0.2) is 51.5 Å². The number of anilines is 1. The minimum Gasteiger partial charge on any atom is -0.489 e. The number of carbonyl (C=O) groups is 1. The normalized spacial score (nSPS) is 14.5. The molecule has 7 nitrogen and oxygen atoms in total. The summed E-state index contributed by atoms with van der Waals surface area (Å²) in [6, 6.07) is 13.7. The molecule has 0 aliphatic carbocycles. The lowest BCUT2D eigenvalue weighted by atomic mass is 10.2. The van der Waals surface area contributed by atoms with Crippen molar-refractivity contribution in [3.63, 3.8) is 0 Å². The molecule has 148 valence electrons. The van der Waals surface area contributed by atoms with Gasteiger partial charge in [0.15, 0.2) is 0 Å². The Hall–Kier alpha value is -2.52. The number of amides is 1. The van der Waals surface area contributed by atoms with Crippen LogP contribution in [0.3, 0.4) is 0 Å². The van der Waals surface area contributed by atoms with Crippen LogP contribution in [0.15, 0.2) is 53.6 Å². The number of ether oxygens (including phenoxy) is 1. The molecule has 9 heteroatoms. The highest BCUT2D eigenvalue weighted by molar-refractivity contribution is 8.00. The Balaban J connectivity index is 1.54. The standard InChI is InChI=1S/C19H21N3O4S2/c1-22(28(2,24)25)16-7-5-15(6-8-16)19(23)21-20-11-14-3-9-17(10-4-14)26-18-12-27-13-18/h3-11,18H,12-13H2,1-2H3,(H,21,23)/b20-11-. The highest BCUT2D eigenvalue weighted by Gasteiger charge is 2.19. The van der Waals surface area contributed by atoms with E-state index in [1.54, 1.807) is 30.5 Å². The van der Waals surface area contributed by atoms with E-state index in [4.69, 9.17) is 4.74 Å². The molecule has 1 saturated heterocycles. The van der Waals surface area contributed by atoms with E-state index < -0.39 is 10.0 Å². The predicted molar refractivity (Wildman–Crippen MR) is 113 cm³/mol. The second-order valence-electron chi connectivity index (χ2n) is 6.32. The minimum absolute atomic E-state index is 0.299. The minimum atomic E-state index is -3.34. The van der Waals surface area contributed by atoms with Crippen LogP contribution in [-0.2, 0) is 10.0 Å². The Labute approximate surface area is 168 Å². The van der Waals surface area contributed by atoms with E-state index >= 15 is 0 Å². The summed E-state index contributed by atoms with van der Waals surface area (Å²) in [6.45, 7) is 0.